The standard InChI is InChI=1S/C26H31N5O6Si/c1-16-24(38(2,3)36)23(37-26(16)20-13-18(31(34)35)9-10-21(20)27-25(26)33)11-12-30-14-22(28-29-30)19(15-32)17-7-5-4-6-8-17/h4-10,13-14,16,19,23-24,32,36H,11-12,15H2,1-3H3,(H,27,33)/t16-,19?,23+,24-,26+/m0/s1. The van der Waals surface area contributed by atoms with E-state index in [4.69, 9.17) is 4.74 Å². The lowest BCUT2D eigenvalue weighted by Gasteiger charge is -2.32. The Kier molecular flexibility index (Phi) is 6.67. The zero-order chi connectivity index (χ0) is 27.2. The van der Waals surface area contributed by atoms with Crippen LogP contribution in [-0.4, -0.2) is 56.8 Å². The molecule has 3 N–H and O–H groups in total. The minimum Gasteiger partial charge on any atom is -0.432 e. The summed E-state index contributed by atoms with van der Waals surface area (Å²) in [6.45, 7) is 5.83. The number of anilines is 1. The van der Waals surface area contributed by atoms with Crippen molar-refractivity contribution in [1.29, 1.82) is 0 Å². The van der Waals surface area contributed by atoms with Gasteiger partial charge in [0.05, 0.1) is 29.2 Å². The van der Waals surface area contributed by atoms with Gasteiger partial charge in [-0.15, -0.1) is 5.10 Å². The number of carbonyl (C=O) groups excluding carboxylic acids is 1. The third-order valence-electron chi connectivity index (χ3n) is 7.87. The first-order chi connectivity index (χ1) is 18.1. The monoisotopic (exact) mass is 537 g/mol. The van der Waals surface area contributed by atoms with E-state index in [1.807, 2.05) is 50.3 Å². The Bertz CT molecular complexity index is 1360. The molecule has 5 rings (SSSR count). The van der Waals surface area contributed by atoms with Gasteiger partial charge in [0.15, 0.2) is 13.9 Å². The number of aliphatic hydroxyl groups excluding tert-OH is 1. The molecule has 5 atom stereocenters. The molecule has 200 valence electrons. The van der Waals surface area contributed by atoms with E-state index in [2.05, 4.69) is 15.6 Å². The molecule has 12 heteroatoms. The molecule has 3 aromatic rings. The summed E-state index contributed by atoms with van der Waals surface area (Å²) in [6.07, 6.45) is 1.76. The fraction of sp³-hybridized carbons (Fsp3) is 0.423. The number of non-ortho nitro benzene ring substituents is 1. The smallest absolute Gasteiger partial charge is 0.269 e. The van der Waals surface area contributed by atoms with E-state index in [1.165, 1.54) is 18.2 Å². The van der Waals surface area contributed by atoms with Crippen LogP contribution in [0.25, 0.3) is 0 Å². The number of ether oxygens (including phenoxy) is 1. The number of aromatic nitrogens is 3. The molecule has 0 radical (unpaired) electrons. The van der Waals surface area contributed by atoms with Crippen molar-refractivity contribution in [3.63, 3.8) is 0 Å². The number of hydrogen-bond donors (Lipinski definition) is 3. The Balaban J connectivity index is 1.42. The van der Waals surface area contributed by atoms with E-state index >= 15 is 0 Å². The van der Waals surface area contributed by atoms with Crippen molar-refractivity contribution in [1.82, 2.24) is 15.0 Å². The summed E-state index contributed by atoms with van der Waals surface area (Å²) in [7, 11) is -2.85. The largest absolute Gasteiger partial charge is 0.432 e. The number of benzene rings is 2. The predicted octanol–water partition coefficient (Wildman–Crippen LogP) is 3.15. The molecule has 0 aliphatic carbocycles. The molecule has 38 heavy (non-hydrogen) atoms. The molecular weight excluding hydrogens is 506 g/mol. The van der Waals surface area contributed by atoms with Crippen molar-refractivity contribution in [2.45, 2.75) is 56.1 Å². The Morgan fingerprint density at radius 2 is 2.00 bits per heavy atom. The maximum absolute atomic E-state index is 13.4. The van der Waals surface area contributed by atoms with Crippen LogP contribution >= 0.6 is 0 Å². The fourth-order valence-corrected chi connectivity index (χ4v) is 8.77. The zero-order valence-electron chi connectivity index (χ0n) is 21.4. The second-order valence-corrected chi connectivity index (χ2v) is 14.6. The molecule has 1 fully saturated rings. The SMILES string of the molecule is C[C@H]1[C@H]([Si](C)(C)O)[C@@H](CCn2cc(C(CO)c3ccccc3)nn2)O[C@]12C(=O)Nc1ccc([N+](=O)[O-])cc12. The number of rotatable bonds is 8. The van der Waals surface area contributed by atoms with Crippen LogP contribution in [0, 0.1) is 16.0 Å². The second kappa shape index (κ2) is 9.69. The van der Waals surface area contributed by atoms with Gasteiger partial charge in [-0.2, -0.15) is 0 Å². The lowest BCUT2D eigenvalue weighted by atomic mass is 9.82. The van der Waals surface area contributed by atoms with Gasteiger partial charge >= 0.3 is 0 Å². The highest BCUT2D eigenvalue weighted by Crippen LogP contribution is 2.58. The molecule has 2 aliphatic heterocycles. The highest BCUT2D eigenvalue weighted by Gasteiger charge is 2.64. The molecule has 2 aromatic carbocycles. The van der Waals surface area contributed by atoms with E-state index in [0.29, 0.717) is 29.9 Å². The molecule has 1 aromatic heterocycles. The summed E-state index contributed by atoms with van der Waals surface area (Å²) in [4.78, 5) is 35.6. The van der Waals surface area contributed by atoms with Gasteiger partial charge in [0.25, 0.3) is 11.6 Å². The topological polar surface area (TPSA) is 153 Å². The quantitative estimate of drug-likeness (QED) is 0.225. The number of nitrogens with one attached hydrogen (secondary N) is 1. The van der Waals surface area contributed by atoms with Crippen molar-refractivity contribution in [2.24, 2.45) is 5.92 Å². The van der Waals surface area contributed by atoms with Crippen LogP contribution in [0.1, 0.15) is 36.1 Å². The van der Waals surface area contributed by atoms with Gasteiger partial charge in [-0.3, -0.25) is 19.6 Å². The van der Waals surface area contributed by atoms with Crippen molar-refractivity contribution in [2.75, 3.05) is 11.9 Å². The summed E-state index contributed by atoms with van der Waals surface area (Å²) >= 11 is 0. The molecule has 0 bridgehead atoms. The molecular formula is C26H31N5O6Si. The van der Waals surface area contributed by atoms with Gasteiger partial charge in [0.1, 0.15) is 0 Å². The number of carbonyl (C=O) groups is 1. The van der Waals surface area contributed by atoms with E-state index in [9.17, 15) is 24.8 Å². The Morgan fingerprint density at radius 1 is 1.26 bits per heavy atom. The van der Waals surface area contributed by atoms with Gasteiger partial charge in [-0.1, -0.05) is 42.5 Å². The van der Waals surface area contributed by atoms with Gasteiger partial charge in [0.2, 0.25) is 0 Å². The number of nitrogens with zero attached hydrogens (tertiary/aromatic N) is 4. The van der Waals surface area contributed by atoms with E-state index in [0.717, 1.165) is 5.56 Å². The van der Waals surface area contributed by atoms with Gasteiger partial charge in [-0.25, -0.2) is 0 Å². The summed E-state index contributed by atoms with van der Waals surface area (Å²) in [6, 6.07) is 13.9. The van der Waals surface area contributed by atoms with Crippen molar-refractivity contribution < 1.29 is 24.4 Å². The highest BCUT2D eigenvalue weighted by molar-refractivity contribution is 6.71. The fourth-order valence-electron chi connectivity index (χ4n) is 6.16. The van der Waals surface area contributed by atoms with Gasteiger partial charge < -0.3 is 20.0 Å². The minimum atomic E-state index is -2.85. The normalized spacial score (nSPS) is 25.4. The summed E-state index contributed by atoms with van der Waals surface area (Å²) in [5, 5.41) is 32.8. The first-order valence-electron chi connectivity index (χ1n) is 12.6. The number of aryl methyl sites for hydroxylation is 1. The van der Waals surface area contributed by atoms with Gasteiger partial charge in [0, 0.05) is 47.6 Å². The Labute approximate surface area is 220 Å². The maximum Gasteiger partial charge on any atom is 0.269 e. The summed E-state index contributed by atoms with van der Waals surface area (Å²) < 4.78 is 8.22. The molecule has 1 spiro atoms. The molecule has 1 unspecified atom stereocenters. The number of aliphatic hydroxyl groups is 1. The first kappa shape index (κ1) is 26.2. The second-order valence-electron chi connectivity index (χ2n) is 10.6. The third-order valence-corrected chi connectivity index (χ3v) is 10.4. The van der Waals surface area contributed by atoms with E-state index < -0.39 is 30.9 Å². The van der Waals surface area contributed by atoms with Crippen LogP contribution in [0.3, 0.4) is 0 Å². The van der Waals surface area contributed by atoms with Crippen molar-refractivity contribution in [3.05, 3.63) is 81.7 Å². The molecule has 1 amide bonds. The number of nitro groups is 1. The van der Waals surface area contributed by atoms with Crippen LogP contribution in [0.4, 0.5) is 11.4 Å². The summed E-state index contributed by atoms with van der Waals surface area (Å²) in [5.74, 6) is -1.09. The third kappa shape index (κ3) is 4.32. The van der Waals surface area contributed by atoms with Crippen LogP contribution in [0.2, 0.25) is 18.6 Å². The van der Waals surface area contributed by atoms with Crippen molar-refractivity contribution in [3.8, 4) is 0 Å². The average Bonchev–Trinajstić information content (AvgIpc) is 3.54. The summed E-state index contributed by atoms with van der Waals surface area (Å²) in [5.41, 5.74) is 0.643. The number of nitro benzene ring substituents is 1. The van der Waals surface area contributed by atoms with Crippen LogP contribution in [-0.2, 0) is 21.7 Å². The molecule has 11 nitrogen and oxygen atoms in total. The van der Waals surface area contributed by atoms with Crippen LogP contribution in [0.15, 0.2) is 54.7 Å². The molecule has 0 saturated carbocycles. The number of amides is 1. The number of fused-ring (bicyclic) bond motifs is 2. The highest BCUT2D eigenvalue weighted by atomic mass is 28.4. The first-order valence-corrected chi connectivity index (χ1v) is 15.6. The Morgan fingerprint density at radius 3 is 2.66 bits per heavy atom. The van der Waals surface area contributed by atoms with Gasteiger partial charge in [-0.05, 0) is 31.1 Å². The van der Waals surface area contributed by atoms with E-state index in [1.54, 1.807) is 10.9 Å². The lowest BCUT2D eigenvalue weighted by molar-refractivity contribution is -0.385. The van der Waals surface area contributed by atoms with Crippen molar-refractivity contribution >= 4 is 25.6 Å². The Hall–Kier alpha value is -3.45. The maximum atomic E-state index is 13.4. The molecule has 2 aliphatic rings. The van der Waals surface area contributed by atoms with E-state index in [-0.39, 0.29) is 29.7 Å². The minimum absolute atomic E-state index is 0.110. The zero-order valence-corrected chi connectivity index (χ0v) is 22.4. The molecule has 3 heterocycles. The molecule has 1 saturated heterocycles. The number of hydrogen-bond acceptors (Lipinski definition) is 8. The van der Waals surface area contributed by atoms with Crippen LogP contribution < -0.4 is 5.32 Å². The lowest BCUT2D eigenvalue weighted by Crippen LogP contribution is -2.43. The predicted molar refractivity (Wildman–Crippen MR) is 141 cm³/mol. The van der Waals surface area contributed by atoms with Crippen LogP contribution in [0.5, 0.6) is 0 Å². The average molecular weight is 538 g/mol.